The maximum absolute atomic E-state index is 11.3. The van der Waals surface area contributed by atoms with E-state index < -0.39 is 0 Å². The number of rotatable bonds is 7. The highest BCUT2D eigenvalue weighted by molar-refractivity contribution is 14.0. The molecular formula is C16H32IN3O2. The monoisotopic (exact) mass is 425 g/mol. The number of esters is 1. The van der Waals surface area contributed by atoms with Crippen LogP contribution in [0.2, 0.25) is 0 Å². The van der Waals surface area contributed by atoms with E-state index in [1.54, 1.807) is 7.05 Å². The smallest absolute Gasteiger partial charge is 0.310 e. The van der Waals surface area contributed by atoms with E-state index in [0.717, 1.165) is 18.4 Å². The Labute approximate surface area is 152 Å². The number of aliphatic imine (C=N–C) groups is 1. The van der Waals surface area contributed by atoms with Gasteiger partial charge in [0.2, 0.25) is 0 Å². The predicted octanol–water partition coefficient (Wildman–Crippen LogP) is 2.94. The minimum absolute atomic E-state index is 0. The third-order valence-corrected chi connectivity index (χ3v) is 4.21. The highest BCUT2D eigenvalue weighted by Gasteiger charge is 2.14. The minimum atomic E-state index is -0.199. The van der Waals surface area contributed by atoms with Crippen molar-refractivity contribution in [1.82, 2.24) is 10.6 Å². The van der Waals surface area contributed by atoms with Crippen molar-refractivity contribution < 1.29 is 9.53 Å². The fourth-order valence-electron chi connectivity index (χ4n) is 2.83. The number of carbonyl (C=O) groups is 1. The number of carbonyl (C=O) groups excluding carboxylic acids is 1. The van der Waals surface area contributed by atoms with Crippen LogP contribution < -0.4 is 10.6 Å². The molecule has 1 aliphatic carbocycles. The standard InChI is InChI=1S/C16H31N3O2.HI/c1-13(15(20)21-3)12-19-16(17-2)18-11-7-10-14-8-5-4-6-9-14;/h13-14H,4-12H2,1-3H3,(H2,17,18,19);1H. The van der Waals surface area contributed by atoms with Crippen LogP contribution in [0.4, 0.5) is 0 Å². The second-order valence-electron chi connectivity index (χ2n) is 5.95. The molecule has 0 aromatic rings. The largest absolute Gasteiger partial charge is 0.469 e. The molecule has 22 heavy (non-hydrogen) atoms. The molecule has 1 atom stereocenters. The number of ether oxygens (including phenoxy) is 1. The zero-order chi connectivity index (χ0) is 15.5. The van der Waals surface area contributed by atoms with Crippen LogP contribution in [0.5, 0.6) is 0 Å². The van der Waals surface area contributed by atoms with Crippen LogP contribution in [0.1, 0.15) is 51.9 Å². The van der Waals surface area contributed by atoms with Crippen LogP contribution in [0.15, 0.2) is 4.99 Å². The SMILES string of the molecule is CN=C(NCCCC1CCCCC1)NCC(C)C(=O)OC.I. The molecule has 0 aromatic carbocycles. The molecule has 0 aromatic heterocycles. The quantitative estimate of drug-likeness (QED) is 0.217. The van der Waals surface area contributed by atoms with Gasteiger partial charge >= 0.3 is 5.97 Å². The number of nitrogens with zero attached hydrogens (tertiary/aromatic N) is 1. The van der Waals surface area contributed by atoms with Gasteiger partial charge in [-0.15, -0.1) is 24.0 Å². The lowest BCUT2D eigenvalue weighted by molar-refractivity contribution is -0.144. The molecule has 0 radical (unpaired) electrons. The van der Waals surface area contributed by atoms with Crippen molar-refractivity contribution in [3.63, 3.8) is 0 Å². The fraction of sp³-hybridized carbons (Fsp3) is 0.875. The normalized spacial score (nSPS) is 17.3. The summed E-state index contributed by atoms with van der Waals surface area (Å²) in [5, 5.41) is 6.47. The first kappa shape index (κ1) is 21.5. The van der Waals surface area contributed by atoms with Crippen molar-refractivity contribution in [2.24, 2.45) is 16.8 Å². The summed E-state index contributed by atoms with van der Waals surface area (Å²) < 4.78 is 4.70. The third kappa shape index (κ3) is 8.80. The first-order valence-electron chi connectivity index (χ1n) is 8.19. The lowest BCUT2D eigenvalue weighted by Crippen LogP contribution is -2.41. The Kier molecular flexibility index (Phi) is 12.6. The second-order valence-corrected chi connectivity index (χ2v) is 5.95. The molecule has 0 bridgehead atoms. The Morgan fingerprint density at radius 3 is 2.55 bits per heavy atom. The number of halogens is 1. The van der Waals surface area contributed by atoms with Gasteiger partial charge in [0.05, 0.1) is 13.0 Å². The van der Waals surface area contributed by atoms with Crippen LogP contribution in [-0.4, -0.2) is 39.2 Å². The van der Waals surface area contributed by atoms with Crippen LogP contribution in [0.3, 0.4) is 0 Å². The first-order chi connectivity index (χ1) is 10.2. The van der Waals surface area contributed by atoms with Gasteiger partial charge in [0, 0.05) is 20.1 Å². The van der Waals surface area contributed by atoms with Crippen LogP contribution >= 0.6 is 24.0 Å². The number of methoxy groups -OCH3 is 1. The molecular weight excluding hydrogens is 393 g/mol. The molecule has 2 N–H and O–H groups in total. The Morgan fingerprint density at radius 2 is 1.95 bits per heavy atom. The van der Waals surface area contributed by atoms with Gasteiger partial charge in [-0.1, -0.05) is 39.0 Å². The highest BCUT2D eigenvalue weighted by Crippen LogP contribution is 2.26. The van der Waals surface area contributed by atoms with Crippen molar-refractivity contribution in [2.45, 2.75) is 51.9 Å². The zero-order valence-electron chi connectivity index (χ0n) is 14.2. The van der Waals surface area contributed by atoms with Gasteiger partial charge in [-0.05, 0) is 18.8 Å². The van der Waals surface area contributed by atoms with Crippen molar-refractivity contribution in [2.75, 3.05) is 27.2 Å². The Morgan fingerprint density at radius 1 is 1.27 bits per heavy atom. The molecule has 1 unspecified atom stereocenters. The van der Waals surface area contributed by atoms with Crippen molar-refractivity contribution in [1.29, 1.82) is 0 Å². The molecule has 5 nitrogen and oxygen atoms in total. The van der Waals surface area contributed by atoms with Gasteiger partial charge in [-0.2, -0.15) is 0 Å². The molecule has 0 heterocycles. The average Bonchev–Trinajstić information content (AvgIpc) is 2.54. The molecule has 1 saturated carbocycles. The number of hydrogen-bond donors (Lipinski definition) is 2. The Balaban J connectivity index is 0.00000441. The summed E-state index contributed by atoms with van der Waals surface area (Å²) in [6, 6.07) is 0. The van der Waals surface area contributed by atoms with Crippen molar-refractivity contribution in [3.05, 3.63) is 0 Å². The number of guanidine groups is 1. The molecule has 0 saturated heterocycles. The van der Waals surface area contributed by atoms with Gasteiger partial charge in [-0.25, -0.2) is 0 Å². The van der Waals surface area contributed by atoms with E-state index in [1.807, 2.05) is 6.92 Å². The van der Waals surface area contributed by atoms with E-state index in [2.05, 4.69) is 15.6 Å². The second kappa shape index (κ2) is 13.0. The molecule has 0 spiro atoms. The van der Waals surface area contributed by atoms with E-state index in [0.29, 0.717) is 6.54 Å². The zero-order valence-corrected chi connectivity index (χ0v) is 16.5. The maximum atomic E-state index is 11.3. The van der Waals surface area contributed by atoms with Crippen molar-refractivity contribution in [3.8, 4) is 0 Å². The lowest BCUT2D eigenvalue weighted by atomic mass is 9.86. The minimum Gasteiger partial charge on any atom is -0.469 e. The molecule has 1 aliphatic rings. The third-order valence-electron chi connectivity index (χ3n) is 4.21. The Bertz CT molecular complexity index is 331. The van der Waals surface area contributed by atoms with Crippen molar-refractivity contribution >= 4 is 35.9 Å². The summed E-state index contributed by atoms with van der Waals surface area (Å²) in [4.78, 5) is 15.5. The summed E-state index contributed by atoms with van der Waals surface area (Å²) in [5.74, 6) is 1.32. The molecule has 0 amide bonds. The molecule has 1 fully saturated rings. The van der Waals surface area contributed by atoms with Gasteiger partial charge in [0.1, 0.15) is 0 Å². The van der Waals surface area contributed by atoms with Gasteiger partial charge < -0.3 is 15.4 Å². The maximum Gasteiger partial charge on any atom is 0.310 e. The first-order valence-corrected chi connectivity index (χ1v) is 8.19. The Hall–Kier alpha value is -0.530. The lowest BCUT2D eigenvalue weighted by Gasteiger charge is -2.21. The van der Waals surface area contributed by atoms with Gasteiger partial charge in [0.15, 0.2) is 5.96 Å². The molecule has 6 heteroatoms. The van der Waals surface area contributed by atoms with E-state index in [-0.39, 0.29) is 35.9 Å². The summed E-state index contributed by atoms with van der Waals surface area (Å²) in [6.45, 7) is 3.31. The topological polar surface area (TPSA) is 62.7 Å². The summed E-state index contributed by atoms with van der Waals surface area (Å²) in [7, 11) is 3.16. The van der Waals surface area contributed by atoms with E-state index in [1.165, 1.54) is 52.1 Å². The van der Waals surface area contributed by atoms with Gasteiger partial charge in [0.25, 0.3) is 0 Å². The summed E-state index contributed by atoms with van der Waals surface area (Å²) >= 11 is 0. The molecule has 1 rings (SSSR count). The van der Waals surface area contributed by atoms with E-state index in [4.69, 9.17) is 4.74 Å². The summed E-state index contributed by atoms with van der Waals surface area (Å²) in [6.07, 6.45) is 9.54. The number of nitrogens with one attached hydrogen (secondary N) is 2. The van der Waals surface area contributed by atoms with E-state index in [9.17, 15) is 4.79 Å². The van der Waals surface area contributed by atoms with Gasteiger partial charge in [-0.3, -0.25) is 9.79 Å². The van der Waals surface area contributed by atoms with Crippen LogP contribution in [-0.2, 0) is 9.53 Å². The summed E-state index contributed by atoms with van der Waals surface area (Å²) in [5.41, 5.74) is 0. The van der Waals surface area contributed by atoms with Crippen LogP contribution in [0, 0.1) is 11.8 Å². The fourth-order valence-corrected chi connectivity index (χ4v) is 2.83. The predicted molar refractivity (Wildman–Crippen MR) is 102 cm³/mol. The molecule has 130 valence electrons. The van der Waals surface area contributed by atoms with Crippen LogP contribution in [0.25, 0.3) is 0 Å². The van der Waals surface area contributed by atoms with E-state index >= 15 is 0 Å². The number of hydrogen-bond acceptors (Lipinski definition) is 3. The molecule has 0 aliphatic heterocycles. The average molecular weight is 425 g/mol. The highest BCUT2D eigenvalue weighted by atomic mass is 127.